The third-order valence-corrected chi connectivity index (χ3v) is 8.05. The van der Waals surface area contributed by atoms with Crippen molar-refractivity contribution in [2.75, 3.05) is 17.1 Å². The average Bonchev–Trinajstić information content (AvgIpc) is 3.42. The Morgan fingerprint density at radius 2 is 1.94 bits per heavy atom. The van der Waals surface area contributed by atoms with Crippen molar-refractivity contribution in [1.29, 1.82) is 0 Å². The van der Waals surface area contributed by atoms with Crippen molar-refractivity contribution in [3.8, 4) is 5.75 Å². The first-order valence-electron chi connectivity index (χ1n) is 11.3. The molecule has 10 heteroatoms. The van der Waals surface area contributed by atoms with E-state index in [-0.39, 0.29) is 6.04 Å². The van der Waals surface area contributed by atoms with E-state index in [0.717, 1.165) is 46.2 Å². The van der Waals surface area contributed by atoms with Crippen molar-refractivity contribution in [2.45, 2.75) is 37.6 Å². The predicted molar refractivity (Wildman–Crippen MR) is 143 cm³/mol. The quantitative estimate of drug-likeness (QED) is 0.207. The van der Waals surface area contributed by atoms with Crippen LogP contribution in [0.1, 0.15) is 52.3 Å². The summed E-state index contributed by atoms with van der Waals surface area (Å²) in [6.45, 7) is 0. The van der Waals surface area contributed by atoms with Crippen LogP contribution in [-0.2, 0) is 24.1 Å². The molecule has 0 saturated heterocycles. The standard InChI is InChI=1S/C25H26N4O3S3/c1-32-21-4-2-3-17(12-21)11-20-14-34-25(26-20)28-22(23-15-33-24(27-23)18-7-8-18)13-16-5-9-19(10-6-16)29-35(30)31/h2-6,9-10,12,14-15,18,22,29H,7-8,11,13H2,1H3,(H,26,28)(H,30,31)/t22-/m0/s1. The molecule has 2 aromatic heterocycles. The van der Waals surface area contributed by atoms with Crippen molar-refractivity contribution in [3.63, 3.8) is 0 Å². The van der Waals surface area contributed by atoms with Crippen molar-refractivity contribution in [1.82, 2.24) is 9.97 Å². The molecule has 1 saturated carbocycles. The SMILES string of the molecule is COc1cccc(Cc2csc(N[C@@H](Cc3ccc(NS(=O)O)cc3)c3csc(C4CC4)n3)n2)c1. The number of aromatic nitrogens is 2. The van der Waals surface area contributed by atoms with E-state index < -0.39 is 11.3 Å². The third kappa shape index (κ3) is 6.46. The first-order valence-corrected chi connectivity index (χ1v) is 14.2. The lowest BCUT2D eigenvalue weighted by molar-refractivity contribution is 0.414. The summed E-state index contributed by atoms with van der Waals surface area (Å²) in [4.78, 5) is 9.79. The smallest absolute Gasteiger partial charge is 0.259 e. The Hall–Kier alpha value is -2.79. The van der Waals surface area contributed by atoms with Crippen LogP contribution in [0.15, 0.2) is 59.3 Å². The topological polar surface area (TPSA) is 96.4 Å². The van der Waals surface area contributed by atoms with E-state index in [1.54, 1.807) is 29.8 Å². The second kappa shape index (κ2) is 10.9. The van der Waals surface area contributed by atoms with Gasteiger partial charge in [-0.1, -0.05) is 24.3 Å². The number of nitrogens with zero attached hydrogens (tertiary/aromatic N) is 2. The summed E-state index contributed by atoms with van der Waals surface area (Å²) < 4.78 is 27.9. The molecule has 5 rings (SSSR count). The Morgan fingerprint density at radius 3 is 2.69 bits per heavy atom. The van der Waals surface area contributed by atoms with Gasteiger partial charge in [0.05, 0.1) is 29.5 Å². The van der Waals surface area contributed by atoms with Crippen LogP contribution in [-0.4, -0.2) is 25.8 Å². The average molecular weight is 527 g/mol. The zero-order valence-electron chi connectivity index (χ0n) is 19.1. The molecule has 4 aromatic rings. The lowest BCUT2D eigenvalue weighted by Crippen LogP contribution is -2.14. The number of hydrogen-bond donors (Lipinski definition) is 3. The lowest BCUT2D eigenvalue weighted by Gasteiger charge is -2.17. The van der Waals surface area contributed by atoms with E-state index >= 15 is 0 Å². The van der Waals surface area contributed by atoms with Crippen LogP contribution < -0.4 is 14.8 Å². The zero-order valence-corrected chi connectivity index (χ0v) is 21.6. The minimum Gasteiger partial charge on any atom is -0.497 e. The summed E-state index contributed by atoms with van der Waals surface area (Å²) in [5.74, 6) is 1.46. The van der Waals surface area contributed by atoms with Gasteiger partial charge in [0.1, 0.15) is 5.75 Å². The Bertz CT molecular complexity index is 1300. The Balaban J connectivity index is 1.32. The number of ether oxygens (including phenoxy) is 1. The minimum absolute atomic E-state index is 0.0275. The maximum atomic E-state index is 11.0. The van der Waals surface area contributed by atoms with Gasteiger partial charge in [0, 0.05) is 28.8 Å². The molecule has 0 aliphatic heterocycles. The summed E-state index contributed by atoms with van der Waals surface area (Å²) in [7, 11) is 1.68. The van der Waals surface area contributed by atoms with Gasteiger partial charge in [-0.3, -0.25) is 9.27 Å². The van der Waals surface area contributed by atoms with Gasteiger partial charge in [0.15, 0.2) is 5.13 Å². The number of methoxy groups -OCH3 is 1. The van der Waals surface area contributed by atoms with Crippen LogP contribution >= 0.6 is 22.7 Å². The van der Waals surface area contributed by atoms with Gasteiger partial charge in [0.2, 0.25) is 0 Å². The highest BCUT2D eigenvalue weighted by molar-refractivity contribution is 7.80. The van der Waals surface area contributed by atoms with E-state index in [2.05, 4.69) is 26.9 Å². The fourth-order valence-corrected chi connectivity index (χ4v) is 5.99. The zero-order chi connectivity index (χ0) is 24.2. The summed E-state index contributed by atoms with van der Waals surface area (Å²) in [5, 5.41) is 9.94. The summed E-state index contributed by atoms with van der Waals surface area (Å²) >= 11 is 1.25. The number of hydrogen-bond acceptors (Lipinski definition) is 7. The van der Waals surface area contributed by atoms with Crippen LogP contribution in [0.5, 0.6) is 5.75 Å². The highest BCUT2D eigenvalue weighted by Crippen LogP contribution is 2.42. The predicted octanol–water partition coefficient (Wildman–Crippen LogP) is 6.02. The van der Waals surface area contributed by atoms with E-state index in [4.69, 9.17) is 19.3 Å². The van der Waals surface area contributed by atoms with Crippen molar-refractivity contribution >= 4 is 44.8 Å². The van der Waals surface area contributed by atoms with Gasteiger partial charge in [0.25, 0.3) is 11.3 Å². The van der Waals surface area contributed by atoms with Gasteiger partial charge in [-0.2, -0.15) is 0 Å². The van der Waals surface area contributed by atoms with Gasteiger partial charge in [-0.05, 0) is 54.7 Å². The van der Waals surface area contributed by atoms with Crippen LogP contribution in [0.2, 0.25) is 0 Å². The molecular formula is C25H26N4O3S3. The first-order chi connectivity index (χ1) is 17.1. The van der Waals surface area contributed by atoms with Crippen molar-refractivity contribution in [3.05, 3.63) is 86.8 Å². The Kier molecular flexibility index (Phi) is 7.43. The molecule has 0 radical (unpaired) electrons. The molecule has 0 amide bonds. The van der Waals surface area contributed by atoms with E-state index in [0.29, 0.717) is 11.6 Å². The first kappa shape index (κ1) is 23.9. The van der Waals surface area contributed by atoms with Gasteiger partial charge >= 0.3 is 0 Å². The summed E-state index contributed by atoms with van der Waals surface area (Å²) in [6.07, 6.45) is 3.92. The molecule has 0 bridgehead atoms. The molecule has 2 aromatic carbocycles. The highest BCUT2D eigenvalue weighted by Gasteiger charge is 2.28. The molecule has 1 fully saturated rings. The van der Waals surface area contributed by atoms with Crippen LogP contribution in [0, 0.1) is 0 Å². The van der Waals surface area contributed by atoms with Crippen LogP contribution in [0.4, 0.5) is 10.8 Å². The molecular weight excluding hydrogens is 501 g/mol. The molecule has 0 spiro atoms. The molecule has 2 atom stereocenters. The number of thiazole rings is 2. The number of nitrogens with one attached hydrogen (secondary N) is 2. The molecule has 35 heavy (non-hydrogen) atoms. The molecule has 3 N–H and O–H groups in total. The normalized spacial score (nSPS) is 14.9. The molecule has 1 aliphatic carbocycles. The number of rotatable bonds is 11. The largest absolute Gasteiger partial charge is 0.497 e. The minimum atomic E-state index is -2.09. The molecule has 1 unspecified atom stereocenters. The maximum absolute atomic E-state index is 11.0. The Labute approximate surface area is 215 Å². The van der Waals surface area contributed by atoms with Gasteiger partial charge < -0.3 is 10.1 Å². The van der Waals surface area contributed by atoms with E-state index in [1.165, 1.54) is 17.8 Å². The number of benzene rings is 2. The van der Waals surface area contributed by atoms with E-state index in [1.807, 2.05) is 42.5 Å². The fraction of sp³-hybridized carbons (Fsp3) is 0.280. The van der Waals surface area contributed by atoms with Crippen molar-refractivity contribution < 1.29 is 13.5 Å². The van der Waals surface area contributed by atoms with E-state index in [9.17, 15) is 4.21 Å². The molecule has 1 aliphatic rings. The second-order valence-corrected chi connectivity index (χ2v) is 11.0. The maximum Gasteiger partial charge on any atom is 0.259 e. The molecule has 182 valence electrons. The molecule has 7 nitrogen and oxygen atoms in total. The fourth-order valence-electron chi connectivity index (χ4n) is 3.85. The van der Waals surface area contributed by atoms with Crippen molar-refractivity contribution in [2.24, 2.45) is 0 Å². The third-order valence-electron chi connectivity index (χ3n) is 5.79. The number of anilines is 2. The second-order valence-electron chi connectivity index (χ2n) is 8.51. The lowest BCUT2D eigenvalue weighted by atomic mass is 10.0. The summed E-state index contributed by atoms with van der Waals surface area (Å²) in [6, 6.07) is 15.6. The van der Waals surface area contributed by atoms with Crippen LogP contribution in [0.25, 0.3) is 0 Å². The molecule has 2 heterocycles. The summed E-state index contributed by atoms with van der Waals surface area (Å²) in [5.41, 5.74) is 4.90. The highest BCUT2D eigenvalue weighted by atomic mass is 32.2. The van der Waals surface area contributed by atoms with Crippen LogP contribution in [0.3, 0.4) is 0 Å². The monoisotopic (exact) mass is 526 g/mol. The Morgan fingerprint density at radius 1 is 1.11 bits per heavy atom. The van der Waals surface area contributed by atoms with Gasteiger partial charge in [-0.15, -0.1) is 22.7 Å². The van der Waals surface area contributed by atoms with Gasteiger partial charge in [-0.25, -0.2) is 14.2 Å².